The molecule has 12 heavy (non-hydrogen) atoms. The van der Waals surface area contributed by atoms with Crippen LogP contribution in [0.3, 0.4) is 0 Å². The van der Waals surface area contributed by atoms with Crippen LogP contribution < -0.4 is 5.73 Å². The Hall–Kier alpha value is -0.540. The summed E-state index contributed by atoms with van der Waals surface area (Å²) in [5.74, 6) is 1.05. The maximum atomic E-state index is 5.74. The SMILES string of the molecule is CCSc1cc(C(C)N)ccn1. The number of nitrogens with two attached hydrogens (primary N) is 1. The number of hydrogen-bond acceptors (Lipinski definition) is 3. The van der Waals surface area contributed by atoms with E-state index < -0.39 is 0 Å². The molecule has 1 heterocycles. The van der Waals surface area contributed by atoms with E-state index in [0.717, 1.165) is 16.3 Å². The predicted octanol–water partition coefficient (Wildman–Crippen LogP) is 2.21. The van der Waals surface area contributed by atoms with Gasteiger partial charge < -0.3 is 5.73 Å². The van der Waals surface area contributed by atoms with E-state index in [4.69, 9.17) is 5.73 Å². The lowest BCUT2D eigenvalue weighted by atomic mass is 10.1. The topological polar surface area (TPSA) is 38.9 Å². The third kappa shape index (κ3) is 2.50. The first-order valence-corrected chi connectivity index (χ1v) is 5.07. The summed E-state index contributed by atoms with van der Waals surface area (Å²) in [5, 5.41) is 1.06. The normalized spacial score (nSPS) is 12.9. The molecule has 1 aromatic rings. The summed E-state index contributed by atoms with van der Waals surface area (Å²) in [5.41, 5.74) is 6.90. The molecule has 0 aliphatic heterocycles. The highest BCUT2D eigenvalue weighted by atomic mass is 32.2. The van der Waals surface area contributed by atoms with Gasteiger partial charge in [0, 0.05) is 12.2 Å². The monoisotopic (exact) mass is 182 g/mol. The third-order valence-electron chi connectivity index (χ3n) is 1.58. The van der Waals surface area contributed by atoms with Gasteiger partial charge in [-0.3, -0.25) is 0 Å². The van der Waals surface area contributed by atoms with E-state index in [2.05, 4.69) is 18.0 Å². The second-order valence-electron chi connectivity index (χ2n) is 2.65. The quantitative estimate of drug-likeness (QED) is 0.728. The molecule has 0 aliphatic carbocycles. The number of pyridine rings is 1. The minimum Gasteiger partial charge on any atom is -0.324 e. The van der Waals surface area contributed by atoms with Crippen molar-refractivity contribution in [3.05, 3.63) is 23.9 Å². The van der Waals surface area contributed by atoms with Crippen LogP contribution in [0.5, 0.6) is 0 Å². The molecule has 0 spiro atoms. The van der Waals surface area contributed by atoms with Crippen molar-refractivity contribution >= 4 is 11.8 Å². The van der Waals surface area contributed by atoms with Crippen molar-refractivity contribution in [3.8, 4) is 0 Å². The Bertz CT molecular complexity index is 248. The van der Waals surface area contributed by atoms with E-state index in [0.29, 0.717) is 0 Å². The number of aromatic nitrogens is 1. The van der Waals surface area contributed by atoms with Crippen molar-refractivity contribution in [1.29, 1.82) is 0 Å². The van der Waals surface area contributed by atoms with Crippen molar-refractivity contribution in [2.45, 2.75) is 24.9 Å². The highest BCUT2D eigenvalue weighted by Gasteiger charge is 2.00. The third-order valence-corrected chi connectivity index (χ3v) is 2.38. The van der Waals surface area contributed by atoms with Gasteiger partial charge in [-0.2, -0.15) is 0 Å². The molecule has 2 N–H and O–H groups in total. The first-order valence-electron chi connectivity index (χ1n) is 4.08. The number of thioether (sulfide) groups is 1. The van der Waals surface area contributed by atoms with Gasteiger partial charge in [-0.05, 0) is 30.4 Å². The molecule has 0 aromatic carbocycles. The Kier molecular flexibility index (Phi) is 3.56. The summed E-state index contributed by atoms with van der Waals surface area (Å²) in [4.78, 5) is 4.22. The minimum absolute atomic E-state index is 0.101. The van der Waals surface area contributed by atoms with Crippen molar-refractivity contribution in [2.75, 3.05) is 5.75 Å². The molecule has 0 saturated carbocycles. The van der Waals surface area contributed by atoms with E-state index in [-0.39, 0.29) is 6.04 Å². The van der Waals surface area contributed by atoms with Crippen LogP contribution >= 0.6 is 11.8 Å². The van der Waals surface area contributed by atoms with Crippen LogP contribution in [0, 0.1) is 0 Å². The van der Waals surface area contributed by atoms with Crippen LogP contribution in [0.25, 0.3) is 0 Å². The molecule has 0 aliphatic rings. The van der Waals surface area contributed by atoms with Crippen LogP contribution in [0.2, 0.25) is 0 Å². The van der Waals surface area contributed by atoms with E-state index in [1.54, 1.807) is 11.8 Å². The van der Waals surface area contributed by atoms with E-state index in [1.807, 2.05) is 19.2 Å². The van der Waals surface area contributed by atoms with E-state index in [9.17, 15) is 0 Å². The zero-order valence-corrected chi connectivity index (χ0v) is 8.27. The second-order valence-corrected chi connectivity index (χ2v) is 3.93. The Morgan fingerprint density at radius 1 is 1.67 bits per heavy atom. The summed E-state index contributed by atoms with van der Waals surface area (Å²) >= 11 is 1.74. The van der Waals surface area contributed by atoms with Gasteiger partial charge in [-0.1, -0.05) is 6.92 Å². The predicted molar refractivity (Wildman–Crippen MR) is 53.2 cm³/mol. The van der Waals surface area contributed by atoms with Gasteiger partial charge in [0.05, 0.1) is 5.03 Å². The Morgan fingerprint density at radius 2 is 2.42 bits per heavy atom. The van der Waals surface area contributed by atoms with E-state index >= 15 is 0 Å². The molecule has 0 radical (unpaired) electrons. The largest absolute Gasteiger partial charge is 0.324 e. The number of hydrogen-bond donors (Lipinski definition) is 1. The minimum atomic E-state index is 0.101. The van der Waals surface area contributed by atoms with Crippen LogP contribution in [0.15, 0.2) is 23.4 Å². The molecule has 1 unspecified atom stereocenters. The average molecular weight is 182 g/mol. The summed E-state index contributed by atoms with van der Waals surface area (Å²) < 4.78 is 0. The number of rotatable bonds is 3. The Balaban J connectivity index is 2.81. The average Bonchev–Trinajstić information content (AvgIpc) is 2.05. The molecule has 1 atom stereocenters. The molecule has 1 aromatic heterocycles. The molecule has 66 valence electrons. The fourth-order valence-corrected chi connectivity index (χ4v) is 1.59. The standard InChI is InChI=1S/C9H14N2S/c1-3-12-9-6-8(7(2)10)4-5-11-9/h4-7H,3,10H2,1-2H3. The van der Waals surface area contributed by atoms with Crippen LogP contribution in [-0.2, 0) is 0 Å². The first-order chi connectivity index (χ1) is 5.74. The maximum absolute atomic E-state index is 5.74. The summed E-state index contributed by atoms with van der Waals surface area (Å²) in [6.45, 7) is 4.10. The van der Waals surface area contributed by atoms with Crippen molar-refractivity contribution < 1.29 is 0 Å². The van der Waals surface area contributed by atoms with Crippen LogP contribution in [-0.4, -0.2) is 10.7 Å². The zero-order valence-electron chi connectivity index (χ0n) is 7.45. The zero-order chi connectivity index (χ0) is 8.97. The molecule has 0 saturated heterocycles. The molecule has 0 fully saturated rings. The Morgan fingerprint density at radius 3 is 3.00 bits per heavy atom. The fourth-order valence-electron chi connectivity index (χ4n) is 0.935. The van der Waals surface area contributed by atoms with Gasteiger partial charge in [-0.15, -0.1) is 11.8 Å². The van der Waals surface area contributed by atoms with Crippen molar-refractivity contribution in [3.63, 3.8) is 0 Å². The molecule has 1 rings (SSSR count). The first kappa shape index (κ1) is 9.55. The summed E-state index contributed by atoms with van der Waals surface area (Å²) in [6.07, 6.45) is 1.82. The van der Waals surface area contributed by atoms with Gasteiger partial charge in [-0.25, -0.2) is 4.98 Å². The van der Waals surface area contributed by atoms with Crippen molar-refractivity contribution in [2.24, 2.45) is 5.73 Å². The highest BCUT2D eigenvalue weighted by molar-refractivity contribution is 7.99. The van der Waals surface area contributed by atoms with E-state index in [1.165, 1.54) is 0 Å². The molecular weight excluding hydrogens is 168 g/mol. The molecule has 3 heteroatoms. The van der Waals surface area contributed by atoms with Crippen molar-refractivity contribution in [1.82, 2.24) is 4.98 Å². The molecular formula is C9H14N2S. The molecule has 0 bridgehead atoms. The van der Waals surface area contributed by atoms with Gasteiger partial charge in [0.2, 0.25) is 0 Å². The molecule has 2 nitrogen and oxygen atoms in total. The molecule has 0 amide bonds. The van der Waals surface area contributed by atoms with Gasteiger partial charge in [0.15, 0.2) is 0 Å². The highest BCUT2D eigenvalue weighted by Crippen LogP contribution is 2.18. The van der Waals surface area contributed by atoms with Gasteiger partial charge in [0.25, 0.3) is 0 Å². The smallest absolute Gasteiger partial charge is 0.0963 e. The number of nitrogens with zero attached hydrogens (tertiary/aromatic N) is 1. The summed E-state index contributed by atoms with van der Waals surface area (Å²) in [6, 6.07) is 4.12. The lowest BCUT2D eigenvalue weighted by Crippen LogP contribution is -2.04. The summed E-state index contributed by atoms with van der Waals surface area (Å²) in [7, 11) is 0. The van der Waals surface area contributed by atoms with Crippen LogP contribution in [0.4, 0.5) is 0 Å². The van der Waals surface area contributed by atoms with Gasteiger partial charge in [0.1, 0.15) is 0 Å². The maximum Gasteiger partial charge on any atom is 0.0963 e. The lowest BCUT2D eigenvalue weighted by molar-refractivity contribution is 0.808. The fraction of sp³-hybridized carbons (Fsp3) is 0.444. The lowest BCUT2D eigenvalue weighted by Gasteiger charge is -2.05. The second kappa shape index (κ2) is 4.48. The Labute approximate surface area is 77.6 Å². The van der Waals surface area contributed by atoms with Crippen LogP contribution in [0.1, 0.15) is 25.5 Å². The van der Waals surface area contributed by atoms with Gasteiger partial charge >= 0.3 is 0 Å².